The van der Waals surface area contributed by atoms with E-state index >= 15 is 0 Å². The molecule has 32 heavy (non-hydrogen) atoms. The number of para-hydroxylation sites is 1. The monoisotopic (exact) mass is 429 g/mol. The quantitative estimate of drug-likeness (QED) is 0.314. The van der Waals surface area contributed by atoms with Gasteiger partial charge in [-0.1, -0.05) is 90.1 Å². The van der Waals surface area contributed by atoms with Crippen LogP contribution in [-0.2, 0) is 11.7 Å². The maximum atomic E-state index is 13.7. The molecule has 0 atom stereocenters. The predicted octanol–water partition coefficient (Wildman–Crippen LogP) is 6.29. The molecule has 5 rings (SSSR count). The van der Waals surface area contributed by atoms with E-state index in [2.05, 4.69) is 10.3 Å². The third-order valence-electron chi connectivity index (χ3n) is 5.66. The summed E-state index contributed by atoms with van der Waals surface area (Å²) in [5.74, 6) is 0. The Kier molecular flexibility index (Phi) is 4.78. The van der Waals surface area contributed by atoms with Crippen molar-refractivity contribution in [3.8, 4) is 0 Å². The van der Waals surface area contributed by atoms with Gasteiger partial charge in [-0.2, -0.15) is 13.2 Å². The average Bonchev–Trinajstić information content (AvgIpc) is 3.25. The Morgan fingerprint density at radius 2 is 1.09 bits per heavy atom. The van der Waals surface area contributed by atoms with Crippen LogP contribution in [0.4, 0.5) is 13.2 Å². The van der Waals surface area contributed by atoms with E-state index in [0.29, 0.717) is 11.1 Å². The summed E-state index contributed by atoms with van der Waals surface area (Å²) in [6, 6.07) is 31.8. The largest absolute Gasteiger partial charge is 0.416 e. The van der Waals surface area contributed by atoms with Crippen LogP contribution in [0.3, 0.4) is 0 Å². The molecule has 0 aliphatic carbocycles. The molecular formula is C26H18F3N3. The van der Waals surface area contributed by atoms with Crippen LogP contribution in [0.5, 0.6) is 0 Å². The fraction of sp³-hybridized carbons (Fsp3) is 0.0769. The smallest absolute Gasteiger partial charge is 0.225 e. The highest BCUT2D eigenvalue weighted by Gasteiger charge is 2.42. The second kappa shape index (κ2) is 7.64. The second-order valence-electron chi connectivity index (χ2n) is 7.51. The van der Waals surface area contributed by atoms with Gasteiger partial charge < -0.3 is 0 Å². The van der Waals surface area contributed by atoms with Crippen LogP contribution < -0.4 is 0 Å². The molecule has 0 N–H and O–H groups in total. The molecule has 1 aromatic heterocycles. The Bertz CT molecular complexity index is 1320. The molecule has 0 radical (unpaired) electrons. The first-order chi connectivity index (χ1) is 15.5. The van der Waals surface area contributed by atoms with E-state index in [0.717, 1.165) is 22.7 Å². The summed E-state index contributed by atoms with van der Waals surface area (Å²) in [6.45, 7) is 0. The lowest BCUT2D eigenvalue weighted by Gasteiger charge is -2.36. The highest BCUT2D eigenvalue weighted by molar-refractivity contribution is 5.75. The number of hydrogen-bond acceptors (Lipinski definition) is 2. The van der Waals surface area contributed by atoms with Crippen LogP contribution in [-0.4, -0.2) is 15.0 Å². The lowest BCUT2D eigenvalue weighted by atomic mass is 9.76. The van der Waals surface area contributed by atoms with Gasteiger partial charge in [0.25, 0.3) is 0 Å². The van der Waals surface area contributed by atoms with Crippen molar-refractivity contribution in [1.82, 2.24) is 15.0 Å². The van der Waals surface area contributed by atoms with Crippen molar-refractivity contribution < 1.29 is 13.2 Å². The SMILES string of the molecule is FC(F)(F)c1cccc(C(c2ccccc2)(c2ccccc2)n2nnc3ccccc32)c1. The topological polar surface area (TPSA) is 30.7 Å². The van der Waals surface area contributed by atoms with Gasteiger partial charge in [-0.15, -0.1) is 5.10 Å². The molecule has 0 saturated heterocycles. The standard InChI is InChI=1S/C26H18F3N3/c27-26(28,29)22-15-9-14-21(18-22)25(19-10-3-1-4-11-19,20-12-5-2-6-13-20)32-24-17-8-7-16-23(24)30-31-32/h1-18H. The number of hydrogen-bond donors (Lipinski definition) is 0. The Morgan fingerprint density at radius 1 is 0.562 bits per heavy atom. The Labute approximate surface area is 182 Å². The first-order valence-electron chi connectivity index (χ1n) is 10.1. The maximum Gasteiger partial charge on any atom is 0.416 e. The minimum Gasteiger partial charge on any atom is -0.225 e. The molecule has 4 aromatic carbocycles. The normalized spacial score (nSPS) is 12.2. The summed E-state index contributed by atoms with van der Waals surface area (Å²) in [6.07, 6.45) is -4.47. The summed E-state index contributed by atoms with van der Waals surface area (Å²) >= 11 is 0. The number of alkyl halides is 3. The van der Waals surface area contributed by atoms with Gasteiger partial charge in [-0.25, -0.2) is 4.68 Å². The number of nitrogens with zero attached hydrogens (tertiary/aromatic N) is 3. The molecule has 0 bridgehead atoms. The minimum absolute atomic E-state index is 0.445. The summed E-state index contributed by atoms with van der Waals surface area (Å²) in [4.78, 5) is 0. The minimum atomic E-state index is -4.47. The summed E-state index contributed by atoms with van der Waals surface area (Å²) in [7, 11) is 0. The molecule has 1 heterocycles. The third kappa shape index (κ3) is 3.15. The van der Waals surface area contributed by atoms with E-state index in [4.69, 9.17) is 0 Å². The van der Waals surface area contributed by atoms with E-state index in [1.54, 1.807) is 10.7 Å². The van der Waals surface area contributed by atoms with Gasteiger partial charge in [0.15, 0.2) is 0 Å². The van der Waals surface area contributed by atoms with Crippen LogP contribution in [0.25, 0.3) is 11.0 Å². The first-order valence-corrected chi connectivity index (χ1v) is 10.1. The van der Waals surface area contributed by atoms with E-state index < -0.39 is 17.3 Å². The highest BCUT2D eigenvalue weighted by Crippen LogP contribution is 2.43. The molecule has 0 unspecified atom stereocenters. The lowest BCUT2D eigenvalue weighted by molar-refractivity contribution is -0.137. The molecule has 0 saturated carbocycles. The van der Waals surface area contributed by atoms with Gasteiger partial charge in [-0.05, 0) is 41.0 Å². The molecule has 0 spiro atoms. The number of benzene rings is 4. The molecule has 158 valence electrons. The Morgan fingerprint density at radius 3 is 1.72 bits per heavy atom. The molecule has 5 aromatic rings. The summed E-state index contributed by atoms with van der Waals surface area (Å²) in [5.41, 5.74) is 1.51. The zero-order valence-electron chi connectivity index (χ0n) is 16.9. The van der Waals surface area contributed by atoms with Crippen molar-refractivity contribution >= 4 is 11.0 Å². The van der Waals surface area contributed by atoms with Crippen molar-refractivity contribution in [3.63, 3.8) is 0 Å². The number of fused-ring (bicyclic) bond motifs is 1. The van der Waals surface area contributed by atoms with Gasteiger partial charge >= 0.3 is 6.18 Å². The van der Waals surface area contributed by atoms with Crippen LogP contribution in [0.2, 0.25) is 0 Å². The fourth-order valence-corrected chi connectivity index (χ4v) is 4.26. The van der Waals surface area contributed by atoms with Crippen LogP contribution >= 0.6 is 0 Å². The summed E-state index contributed by atoms with van der Waals surface area (Å²) < 4.78 is 42.9. The van der Waals surface area contributed by atoms with E-state index in [9.17, 15) is 13.2 Å². The Hall–Kier alpha value is -3.93. The van der Waals surface area contributed by atoms with Gasteiger partial charge in [0, 0.05) is 0 Å². The second-order valence-corrected chi connectivity index (χ2v) is 7.51. The number of rotatable bonds is 4. The van der Waals surface area contributed by atoms with Gasteiger partial charge in [-0.3, -0.25) is 0 Å². The zero-order chi connectivity index (χ0) is 22.2. The molecule has 6 heteroatoms. The molecule has 0 amide bonds. The van der Waals surface area contributed by atoms with Gasteiger partial charge in [0.1, 0.15) is 11.1 Å². The van der Waals surface area contributed by atoms with Crippen molar-refractivity contribution in [2.24, 2.45) is 0 Å². The van der Waals surface area contributed by atoms with Gasteiger partial charge in [0.05, 0.1) is 11.1 Å². The van der Waals surface area contributed by atoms with Crippen LogP contribution in [0, 0.1) is 0 Å². The molecule has 0 fully saturated rings. The van der Waals surface area contributed by atoms with Crippen molar-refractivity contribution in [1.29, 1.82) is 0 Å². The van der Waals surface area contributed by atoms with Crippen molar-refractivity contribution in [3.05, 3.63) is 131 Å². The average molecular weight is 429 g/mol. The van der Waals surface area contributed by atoms with Crippen molar-refractivity contribution in [2.45, 2.75) is 11.7 Å². The Balaban J connectivity index is 1.95. The molecule has 0 aliphatic rings. The maximum absolute atomic E-state index is 13.7. The zero-order valence-corrected chi connectivity index (χ0v) is 16.9. The number of aromatic nitrogens is 3. The molecule has 3 nitrogen and oxygen atoms in total. The van der Waals surface area contributed by atoms with E-state index in [-0.39, 0.29) is 0 Å². The predicted molar refractivity (Wildman–Crippen MR) is 117 cm³/mol. The summed E-state index contributed by atoms with van der Waals surface area (Å²) in [5, 5.41) is 8.80. The van der Waals surface area contributed by atoms with Gasteiger partial charge in [0.2, 0.25) is 0 Å². The van der Waals surface area contributed by atoms with E-state index in [1.807, 2.05) is 84.9 Å². The highest BCUT2D eigenvalue weighted by atomic mass is 19.4. The third-order valence-corrected chi connectivity index (χ3v) is 5.66. The fourth-order valence-electron chi connectivity index (χ4n) is 4.26. The number of halogens is 3. The van der Waals surface area contributed by atoms with E-state index in [1.165, 1.54) is 12.1 Å². The van der Waals surface area contributed by atoms with Crippen LogP contribution in [0.15, 0.2) is 109 Å². The molecular weight excluding hydrogens is 411 g/mol. The first kappa shape index (κ1) is 20.0. The van der Waals surface area contributed by atoms with Crippen LogP contribution in [0.1, 0.15) is 22.3 Å². The lowest BCUT2D eigenvalue weighted by Crippen LogP contribution is -2.39. The van der Waals surface area contributed by atoms with Crippen molar-refractivity contribution in [2.75, 3.05) is 0 Å². The molecule has 0 aliphatic heterocycles.